The van der Waals surface area contributed by atoms with Crippen molar-refractivity contribution in [1.29, 1.82) is 0 Å². The maximum absolute atomic E-state index is 15.1. The number of carbonyl (C=O) groups is 1. The molecule has 0 radical (unpaired) electrons. The Balaban J connectivity index is 1.57. The van der Waals surface area contributed by atoms with Crippen LogP contribution >= 0.6 is 0 Å². The first kappa shape index (κ1) is 27.8. The molecule has 2 saturated heterocycles. The zero-order valence-electron chi connectivity index (χ0n) is 21.9. The molecule has 3 heterocycles. The summed E-state index contributed by atoms with van der Waals surface area (Å²) < 4.78 is 54.3. The van der Waals surface area contributed by atoms with Gasteiger partial charge in [0.2, 0.25) is 6.41 Å². The summed E-state index contributed by atoms with van der Waals surface area (Å²) in [5, 5.41) is -0.00443. The average molecular weight is 561 g/mol. The summed E-state index contributed by atoms with van der Waals surface area (Å²) in [6.45, 7) is 1.25. The Kier molecular flexibility index (Phi) is 8.43. The minimum atomic E-state index is -1.52. The van der Waals surface area contributed by atoms with E-state index >= 15 is 4.39 Å². The van der Waals surface area contributed by atoms with Crippen molar-refractivity contribution >= 4 is 23.0 Å². The van der Waals surface area contributed by atoms with Crippen molar-refractivity contribution in [2.45, 2.75) is 31.5 Å². The molecule has 214 valence electrons. The molecule has 9 nitrogen and oxygen atoms in total. The van der Waals surface area contributed by atoms with Gasteiger partial charge in [-0.2, -0.15) is 0 Å². The molecule has 2 aliphatic heterocycles. The van der Waals surface area contributed by atoms with Crippen LogP contribution in [-0.4, -0.2) is 79.3 Å². The van der Waals surface area contributed by atoms with Crippen LogP contribution in [0.1, 0.15) is 24.4 Å². The summed E-state index contributed by atoms with van der Waals surface area (Å²) in [4.78, 5) is 42.4. The number of hydrogen-bond donors (Lipinski definition) is 0. The van der Waals surface area contributed by atoms with Gasteiger partial charge in [0.25, 0.3) is 5.56 Å². The molecule has 0 saturated carbocycles. The van der Waals surface area contributed by atoms with E-state index in [1.807, 2.05) is 24.3 Å². The van der Waals surface area contributed by atoms with Gasteiger partial charge in [-0.25, -0.2) is 18.0 Å². The number of morpholine rings is 1. The Morgan fingerprint density at radius 1 is 1.00 bits per heavy atom. The van der Waals surface area contributed by atoms with E-state index in [0.717, 1.165) is 41.9 Å². The maximum Gasteiger partial charge on any atom is 0.332 e. The summed E-state index contributed by atoms with van der Waals surface area (Å²) in [6.07, 6.45) is 0.101. The highest BCUT2D eigenvalue weighted by molar-refractivity contribution is 5.80. The lowest BCUT2D eigenvalue weighted by Gasteiger charge is -2.31. The van der Waals surface area contributed by atoms with E-state index in [-0.39, 0.29) is 17.4 Å². The fourth-order valence-corrected chi connectivity index (χ4v) is 5.31. The van der Waals surface area contributed by atoms with Gasteiger partial charge in [-0.3, -0.25) is 18.7 Å². The van der Waals surface area contributed by atoms with E-state index in [2.05, 4.69) is 4.90 Å². The van der Waals surface area contributed by atoms with Crippen molar-refractivity contribution in [3.05, 3.63) is 68.6 Å². The molecule has 0 N–H and O–H groups in total. The number of nitrogens with zero attached hydrogens (tertiary/aromatic N) is 4. The second kappa shape index (κ2) is 12.2. The fourth-order valence-electron chi connectivity index (χ4n) is 5.31. The predicted molar refractivity (Wildman–Crippen MR) is 143 cm³/mol. The summed E-state index contributed by atoms with van der Waals surface area (Å²) in [7, 11) is 0. The summed E-state index contributed by atoms with van der Waals surface area (Å²) in [5.74, 6) is -1.40. The first-order valence-corrected chi connectivity index (χ1v) is 13.3. The first-order valence-electron chi connectivity index (χ1n) is 13.3. The lowest BCUT2D eigenvalue weighted by atomic mass is 10.0. The second-order valence-electron chi connectivity index (χ2n) is 10.0. The molecule has 2 fully saturated rings. The van der Waals surface area contributed by atoms with Gasteiger partial charge >= 0.3 is 5.69 Å². The molecular weight excluding hydrogens is 529 g/mol. The van der Waals surface area contributed by atoms with Crippen molar-refractivity contribution in [3.8, 4) is 5.75 Å². The van der Waals surface area contributed by atoms with Crippen molar-refractivity contribution < 1.29 is 27.4 Å². The number of likely N-dealkylation sites (tertiary alicyclic amines) is 1. The minimum Gasteiger partial charge on any atom is -0.482 e. The number of alkyl halides is 2. The van der Waals surface area contributed by atoms with Gasteiger partial charge in [-0.1, -0.05) is 12.1 Å². The van der Waals surface area contributed by atoms with Gasteiger partial charge in [-0.05, 0) is 36.6 Å². The van der Waals surface area contributed by atoms with Gasteiger partial charge in [0.15, 0.2) is 17.7 Å². The van der Waals surface area contributed by atoms with Crippen LogP contribution in [0, 0.1) is 5.82 Å². The van der Waals surface area contributed by atoms with Crippen molar-refractivity contribution in [1.82, 2.24) is 14.0 Å². The molecule has 0 unspecified atom stereocenters. The molecule has 0 aliphatic carbocycles. The van der Waals surface area contributed by atoms with Crippen LogP contribution in [-0.2, 0) is 16.1 Å². The van der Waals surface area contributed by atoms with Crippen LogP contribution in [0.5, 0.6) is 5.75 Å². The molecule has 5 rings (SSSR count). The van der Waals surface area contributed by atoms with Crippen molar-refractivity contribution in [3.63, 3.8) is 0 Å². The second-order valence-corrected chi connectivity index (χ2v) is 10.0. The van der Waals surface area contributed by atoms with Crippen LogP contribution in [0.2, 0.25) is 0 Å². The van der Waals surface area contributed by atoms with E-state index in [1.54, 1.807) is 4.90 Å². The highest BCUT2D eigenvalue weighted by Gasteiger charge is 2.26. The molecule has 2 aromatic carbocycles. The third-order valence-corrected chi connectivity index (χ3v) is 7.53. The number of benzene rings is 2. The van der Waals surface area contributed by atoms with Crippen LogP contribution < -0.4 is 20.9 Å². The number of carbonyl (C=O) groups excluding carboxylic acids is 1. The van der Waals surface area contributed by atoms with Gasteiger partial charge < -0.3 is 19.3 Å². The van der Waals surface area contributed by atoms with E-state index < -0.39 is 48.3 Å². The standard InChI is InChI=1S/C28H31F3N4O5/c29-15-22(16-30)40-26-13-23-25(14-24(26)31)35(21-5-7-32(18-36)8-6-21)28(38)34(27(23)37)17-19-1-3-20(4-2-19)33-9-11-39-12-10-33/h1-4,13-14,18,21-22H,5-12,15-17H2. The molecule has 40 heavy (non-hydrogen) atoms. The molecule has 3 aromatic rings. The van der Waals surface area contributed by atoms with E-state index in [1.165, 1.54) is 4.57 Å². The number of anilines is 1. The van der Waals surface area contributed by atoms with Gasteiger partial charge in [0, 0.05) is 44.0 Å². The number of fused-ring (bicyclic) bond motifs is 1. The molecule has 0 spiro atoms. The SMILES string of the molecule is O=CN1CCC(n2c(=O)n(Cc3ccc(N4CCOCC4)cc3)c(=O)c3cc(OC(CF)CF)c(F)cc32)CC1. The van der Waals surface area contributed by atoms with E-state index in [0.29, 0.717) is 44.7 Å². The Morgan fingerprint density at radius 2 is 1.68 bits per heavy atom. The normalized spacial score (nSPS) is 16.6. The summed E-state index contributed by atoms with van der Waals surface area (Å²) in [6, 6.07) is 9.28. The molecule has 2 aliphatic rings. The number of ether oxygens (including phenoxy) is 2. The number of aromatic nitrogens is 2. The lowest BCUT2D eigenvalue weighted by molar-refractivity contribution is -0.119. The predicted octanol–water partition coefficient (Wildman–Crippen LogP) is 2.67. The Labute approximate surface area is 228 Å². The molecule has 12 heteroatoms. The fraction of sp³-hybridized carbons (Fsp3) is 0.464. The summed E-state index contributed by atoms with van der Waals surface area (Å²) in [5.41, 5.74) is 0.523. The smallest absolute Gasteiger partial charge is 0.332 e. The minimum absolute atomic E-state index is 0.00443. The Hall–Kier alpha value is -3.80. The molecule has 1 aromatic heterocycles. The largest absolute Gasteiger partial charge is 0.482 e. The van der Waals surface area contributed by atoms with Crippen LogP contribution in [0.4, 0.5) is 18.9 Å². The highest BCUT2D eigenvalue weighted by atomic mass is 19.1. The number of rotatable bonds is 9. The van der Waals surface area contributed by atoms with Crippen LogP contribution in [0.3, 0.4) is 0 Å². The average Bonchev–Trinajstić information content (AvgIpc) is 2.99. The van der Waals surface area contributed by atoms with E-state index in [4.69, 9.17) is 9.47 Å². The number of halogens is 3. The third-order valence-electron chi connectivity index (χ3n) is 7.53. The molecular formula is C28H31F3N4O5. The first-order chi connectivity index (χ1) is 19.4. The molecule has 0 bridgehead atoms. The number of amides is 1. The maximum atomic E-state index is 15.1. The quantitative estimate of drug-likeness (QED) is 0.374. The zero-order valence-corrected chi connectivity index (χ0v) is 21.9. The number of hydrogen-bond acceptors (Lipinski definition) is 6. The van der Waals surface area contributed by atoms with Gasteiger partial charge in [0.1, 0.15) is 13.3 Å². The van der Waals surface area contributed by atoms with Crippen molar-refractivity contribution in [2.75, 3.05) is 57.6 Å². The van der Waals surface area contributed by atoms with E-state index in [9.17, 15) is 23.2 Å². The van der Waals surface area contributed by atoms with Gasteiger partial charge in [-0.15, -0.1) is 0 Å². The molecule has 0 atom stereocenters. The Bertz CT molecular complexity index is 1460. The zero-order chi connectivity index (χ0) is 28.2. The lowest BCUT2D eigenvalue weighted by Crippen LogP contribution is -2.44. The van der Waals surface area contributed by atoms with Crippen LogP contribution in [0.25, 0.3) is 10.9 Å². The summed E-state index contributed by atoms with van der Waals surface area (Å²) >= 11 is 0. The Morgan fingerprint density at radius 3 is 2.30 bits per heavy atom. The topological polar surface area (TPSA) is 86.0 Å². The van der Waals surface area contributed by atoms with Crippen molar-refractivity contribution in [2.24, 2.45) is 0 Å². The monoisotopic (exact) mass is 560 g/mol. The van der Waals surface area contributed by atoms with Crippen LogP contribution in [0.15, 0.2) is 46.0 Å². The number of piperidine rings is 1. The molecule has 1 amide bonds. The third kappa shape index (κ3) is 5.58. The van der Waals surface area contributed by atoms with Gasteiger partial charge in [0.05, 0.1) is 30.7 Å². The highest BCUT2D eigenvalue weighted by Crippen LogP contribution is 2.28.